The lowest BCUT2D eigenvalue weighted by Gasteiger charge is -2.10. The first-order valence-corrected chi connectivity index (χ1v) is 9.77. The van der Waals surface area contributed by atoms with E-state index in [1.54, 1.807) is 11.8 Å². The fourth-order valence-corrected chi connectivity index (χ4v) is 4.14. The SMILES string of the molecule is CCCSc1nnc(NC(=O)C(C)Sc2ccc(C)cc2)s1. The molecule has 0 saturated carbocycles. The summed E-state index contributed by atoms with van der Waals surface area (Å²) in [4.78, 5) is 13.3. The van der Waals surface area contributed by atoms with Gasteiger partial charge in [0.15, 0.2) is 4.34 Å². The topological polar surface area (TPSA) is 54.9 Å². The van der Waals surface area contributed by atoms with Gasteiger partial charge in [-0.15, -0.1) is 22.0 Å². The highest BCUT2D eigenvalue weighted by atomic mass is 32.2. The van der Waals surface area contributed by atoms with Gasteiger partial charge in [-0.2, -0.15) is 0 Å². The summed E-state index contributed by atoms with van der Waals surface area (Å²) < 4.78 is 0.899. The van der Waals surface area contributed by atoms with Gasteiger partial charge in [-0.3, -0.25) is 10.1 Å². The van der Waals surface area contributed by atoms with Crippen molar-refractivity contribution in [1.29, 1.82) is 0 Å². The van der Waals surface area contributed by atoms with Gasteiger partial charge in [-0.25, -0.2) is 0 Å². The number of amides is 1. The van der Waals surface area contributed by atoms with Gasteiger partial charge >= 0.3 is 0 Å². The fraction of sp³-hybridized carbons (Fsp3) is 0.400. The first-order chi connectivity index (χ1) is 10.6. The molecule has 1 atom stereocenters. The zero-order valence-electron chi connectivity index (χ0n) is 12.8. The monoisotopic (exact) mass is 353 g/mol. The Labute approximate surface area is 143 Å². The lowest BCUT2D eigenvalue weighted by molar-refractivity contribution is -0.115. The Bertz CT molecular complexity index is 613. The second-order valence-corrected chi connectivity index (χ2v) is 8.52. The van der Waals surface area contributed by atoms with Crippen LogP contribution in [0.5, 0.6) is 0 Å². The summed E-state index contributed by atoms with van der Waals surface area (Å²) in [6.45, 7) is 6.07. The number of carbonyl (C=O) groups is 1. The zero-order chi connectivity index (χ0) is 15.9. The summed E-state index contributed by atoms with van der Waals surface area (Å²) in [5.74, 6) is 0.969. The molecule has 2 rings (SSSR count). The number of carbonyl (C=O) groups excluding carboxylic acids is 1. The third-order valence-corrected chi connectivity index (χ3v) is 6.06. The van der Waals surface area contributed by atoms with Gasteiger partial charge in [0, 0.05) is 10.6 Å². The van der Waals surface area contributed by atoms with Crippen molar-refractivity contribution in [3.8, 4) is 0 Å². The van der Waals surface area contributed by atoms with Crippen LogP contribution in [0.25, 0.3) is 0 Å². The molecule has 2 aromatic rings. The van der Waals surface area contributed by atoms with Crippen LogP contribution in [-0.2, 0) is 4.79 Å². The predicted octanol–water partition coefficient (Wildman–Crippen LogP) is 4.47. The standard InChI is InChI=1S/C15H19N3OS3/c1-4-9-20-15-18-17-14(22-15)16-13(19)11(3)21-12-7-5-10(2)6-8-12/h5-8,11H,4,9H2,1-3H3,(H,16,17,19). The molecule has 0 radical (unpaired) electrons. The number of hydrogen-bond donors (Lipinski definition) is 1. The second kappa shape index (κ2) is 8.55. The van der Waals surface area contributed by atoms with E-state index in [4.69, 9.17) is 0 Å². The van der Waals surface area contributed by atoms with Gasteiger partial charge < -0.3 is 0 Å². The van der Waals surface area contributed by atoms with Crippen LogP contribution >= 0.6 is 34.9 Å². The third-order valence-electron chi connectivity index (χ3n) is 2.77. The Balaban J connectivity index is 1.88. The average molecular weight is 354 g/mol. The maximum Gasteiger partial charge on any atom is 0.239 e. The molecular formula is C15H19N3OS3. The highest BCUT2D eigenvalue weighted by Gasteiger charge is 2.16. The largest absolute Gasteiger partial charge is 0.300 e. The quantitative estimate of drug-likeness (QED) is 0.588. The number of anilines is 1. The van der Waals surface area contributed by atoms with Crippen LogP contribution in [0.1, 0.15) is 25.8 Å². The summed E-state index contributed by atoms with van der Waals surface area (Å²) in [5, 5.41) is 11.3. The molecule has 1 unspecified atom stereocenters. The zero-order valence-corrected chi connectivity index (χ0v) is 15.3. The van der Waals surface area contributed by atoms with E-state index in [-0.39, 0.29) is 11.2 Å². The van der Waals surface area contributed by atoms with E-state index >= 15 is 0 Å². The molecule has 0 fully saturated rings. The maximum absolute atomic E-state index is 12.2. The Morgan fingerprint density at radius 2 is 2.05 bits per heavy atom. The predicted molar refractivity (Wildman–Crippen MR) is 96.1 cm³/mol. The van der Waals surface area contributed by atoms with Crippen molar-refractivity contribution in [3.05, 3.63) is 29.8 Å². The van der Waals surface area contributed by atoms with E-state index in [0.29, 0.717) is 5.13 Å². The van der Waals surface area contributed by atoms with Crippen molar-refractivity contribution in [1.82, 2.24) is 10.2 Å². The van der Waals surface area contributed by atoms with Gasteiger partial charge in [0.25, 0.3) is 0 Å². The van der Waals surface area contributed by atoms with E-state index in [1.165, 1.54) is 28.7 Å². The van der Waals surface area contributed by atoms with Crippen molar-refractivity contribution in [2.24, 2.45) is 0 Å². The number of benzene rings is 1. The molecule has 0 saturated heterocycles. The third kappa shape index (κ3) is 5.30. The molecule has 1 aromatic carbocycles. The van der Waals surface area contributed by atoms with E-state index < -0.39 is 0 Å². The first-order valence-electron chi connectivity index (χ1n) is 7.09. The Morgan fingerprint density at radius 1 is 1.32 bits per heavy atom. The minimum atomic E-state index is -0.182. The highest BCUT2D eigenvalue weighted by molar-refractivity contribution is 8.01. The van der Waals surface area contributed by atoms with Crippen LogP contribution < -0.4 is 5.32 Å². The average Bonchev–Trinajstić information content (AvgIpc) is 2.95. The van der Waals surface area contributed by atoms with Gasteiger partial charge in [0.05, 0.1) is 5.25 Å². The molecule has 0 aliphatic carbocycles. The van der Waals surface area contributed by atoms with Gasteiger partial charge in [-0.1, -0.05) is 47.7 Å². The van der Waals surface area contributed by atoms with Gasteiger partial charge in [-0.05, 0) is 32.4 Å². The summed E-state index contributed by atoms with van der Waals surface area (Å²) >= 11 is 4.63. The molecular weight excluding hydrogens is 334 g/mol. The molecule has 4 nitrogen and oxygen atoms in total. The van der Waals surface area contributed by atoms with Crippen molar-refractivity contribution >= 4 is 45.9 Å². The smallest absolute Gasteiger partial charge is 0.239 e. The molecule has 0 bridgehead atoms. The number of thioether (sulfide) groups is 2. The Kier molecular flexibility index (Phi) is 6.72. The molecule has 1 N–H and O–H groups in total. The molecule has 1 aromatic heterocycles. The van der Waals surface area contributed by atoms with Crippen LogP contribution in [0.3, 0.4) is 0 Å². The van der Waals surface area contributed by atoms with Crippen LogP contribution in [0.2, 0.25) is 0 Å². The number of hydrogen-bond acceptors (Lipinski definition) is 6. The van der Waals surface area contributed by atoms with Crippen molar-refractivity contribution < 1.29 is 4.79 Å². The minimum absolute atomic E-state index is 0.0474. The van der Waals surface area contributed by atoms with Crippen LogP contribution in [0.4, 0.5) is 5.13 Å². The summed E-state index contributed by atoms with van der Waals surface area (Å²) in [6, 6.07) is 8.17. The summed E-state index contributed by atoms with van der Waals surface area (Å²) in [5.41, 5.74) is 1.22. The molecule has 0 aliphatic rings. The molecule has 1 heterocycles. The minimum Gasteiger partial charge on any atom is -0.300 e. The van der Waals surface area contributed by atoms with Gasteiger partial charge in [0.2, 0.25) is 11.0 Å². The number of nitrogens with zero attached hydrogens (tertiary/aromatic N) is 2. The van der Waals surface area contributed by atoms with Crippen LogP contribution in [0.15, 0.2) is 33.5 Å². The molecule has 7 heteroatoms. The highest BCUT2D eigenvalue weighted by Crippen LogP contribution is 2.28. The van der Waals surface area contributed by atoms with Crippen molar-refractivity contribution in [3.63, 3.8) is 0 Å². The Hall–Kier alpha value is -1.05. The molecule has 0 aliphatic heterocycles. The maximum atomic E-state index is 12.2. The molecule has 118 valence electrons. The van der Waals surface area contributed by atoms with Crippen molar-refractivity contribution in [2.45, 2.75) is 41.7 Å². The van der Waals surface area contributed by atoms with Crippen molar-refractivity contribution in [2.75, 3.05) is 11.1 Å². The number of aromatic nitrogens is 2. The molecule has 0 spiro atoms. The lowest BCUT2D eigenvalue weighted by Crippen LogP contribution is -2.22. The van der Waals surface area contributed by atoms with Gasteiger partial charge in [0.1, 0.15) is 0 Å². The first kappa shape index (κ1) is 17.3. The molecule has 22 heavy (non-hydrogen) atoms. The molecule has 1 amide bonds. The van der Waals surface area contributed by atoms with E-state index in [9.17, 15) is 4.79 Å². The number of rotatable bonds is 7. The number of nitrogens with one attached hydrogen (secondary N) is 1. The van der Waals surface area contributed by atoms with E-state index in [1.807, 2.05) is 26.0 Å². The van der Waals surface area contributed by atoms with Crippen LogP contribution in [-0.4, -0.2) is 27.1 Å². The Morgan fingerprint density at radius 3 is 2.73 bits per heavy atom. The normalized spacial score (nSPS) is 12.1. The van der Waals surface area contributed by atoms with Crippen LogP contribution in [0, 0.1) is 6.92 Å². The van der Waals surface area contributed by atoms with E-state index in [2.05, 4.69) is 34.6 Å². The summed E-state index contributed by atoms with van der Waals surface area (Å²) in [6.07, 6.45) is 1.09. The van der Waals surface area contributed by atoms with E-state index in [0.717, 1.165) is 21.4 Å². The second-order valence-electron chi connectivity index (χ2n) is 4.78. The fourth-order valence-electron chi connectivity index (χ4n) is 1.59. The number of aryl methyl sites for hydroxylation is 1. The summed E-state index contributed by atoms with van der Waals surface area (Å²) in [7, 11) is 0. The lowest BCUT2D eigenvalue weighted by atomic mass is 10.2.